The Bertz CT molecular complexity index is 586. The van der Waals surface area contributed by atoms with Crippen molar-refractivity contribution in [2.75, 3.05) is 0 Å². The van der Waals surface area contributed by atoms with E-state index in [9.17, 15) is 79.0 Å². The molecule has 0 aromatic carbocycles. The molecule has 0 aliphatic rings. The minimum Gasteiger partial charge on any atom is -0.195 e. The highest BCUT2D eigenvalue weighted by molar-refractivity contribution is 5.16. The van der Waals surface area contributed by atoms with E-state index in [-0.39, 0.29) is 0 Å². The van der Waals surface area contributed by atoms with Gasteiger partial charge in [0.2, 0.25) is 0 Å². The SMILES string of the molecule is FC(F)(F)C(F)(F)C(F)(F)/C=C/C(F)(F)C(F)(F)C(F)(F)C(F)(F)C(F)(F)F. The molecule has 0 saturated heterocycles. The van der Waals surface area contributed by atoms with Crippen LogP contribution in [-0.4, -0.2) is 47.9 Å². The van der Waals surface area contributed by atoms with Gasteiger partial charge in [0, 0.05) is 0 Å². The second-order valence-electron chi connectivity index (χ2n) is 4.87. The second kappa shape index (κ2) is 6.50. The highest BCUT2D eigenvalue weighted by Crippen LogP contribution is 2.58. The van der Waals surface area contributed by atoms with Crippen LogP contribution in [0, 0.1) is 0 Å². The summed E-state index contributed by atoms with van der Waals surface area (Å²) in [7, 11) is 0. The lowest BCUT2D eigenvalue weighted by Gasteiger charge is -2.36. The summed E-state index contributed by atoms with van der Waals surface area (Å²) >= 11 is 0. The van der Waals surface area contributed by atoms with E-state index >= 15 is 0 Å². The molecule has 0 saturated carbocycles. The summed E-state index contributed by atoms with van der Waals surface area (Å²) in [6.45, 7) is 0. The smallest absolute Gasteiger partial charge is 0.195 e. The number of rotatable bonds is 6. The Morgan fingerprint density at radius 1 is 0.286 bits per heavy atom. The zero-order chi connectivity index (χ0) is 23.4. The quantitative estimate of drug-likeness (QED) is 0.312. The monoisotopic (exact) mass is 464 g/mol. The lowest BCUT2D eigenvalue weighted by molar-refractivity contribution is -0.417. The van der Waals surface area contributed by atoms with Gasteiger partial charge >= 0.3 is 47.9 Å². The summed E-state index contributed by atoms with van der Waals surface area (Å²) in [5.41, 5.74) is 0. The van der Waals surface area contributed by atoms with Crippen molar-refractivity contribution in [2.45, 2.75) is 47.9 Å². The van der Waals surface area contributed by atoms with Crippen LogP contribution in [0.5, 0.6) is 0 Å². The van der Waals surface area contributed by atoms with Gasteiger partial charge in [-0.15, -0.1) is 0 Å². The normalized spacial score (nSPS) is 16.8. The summed E-state index contributed by atoms with van der Waals surface area (Å²) in [4.78, 5) is 0. The number of hydrogen-bond donors (Lipinski definition) is 0. The van der Waals surface area contributed by atoms with E-state index < -0.39 is 60.0 Å². The molecule has 0 spiro atoms. The molecule has 0 aliphatic carbocycles. The summed E-state index contributed by atoms with van der Waals surface area (Å²) in [6, 6.07) is 0. The van der Waals surface area contributed by atoms with Gasteiger partial charge in [0.15, 0.2) is 0 Å². The third-order valence-electron chi connectivity index (χ3n) is 2.84. The molecule has 0 aromatic rings. The van der Waals surface area contributed by atoms with Crippen molar-refractivity contribution < 1.29 is 79.0 Å². The Labute approximate surface area is 140 Å². The van der Waals surface area contributed by atoms with E-state index in [0.717, 1.165) is 0 Å². The molecule has 0 rings (SSSR count). The molecule has 0 fully saturated rings. The number of allylic oxidation sites excluding steroid dienone is 2. The van der Waals surface area contributed by atoms with Crippen LogP contribution in [0.2, 0.25) is 0 Å². The van der Waals surface area contributed by atoms with Crippen molar-refractivity contribution in [3.63, 3.8) is 0 Å². The number of halogens is 18. The Kier molecular flexibility index (Phi) is 6.14. The van der Waals surface area contributed by atoms with Crippen LogP contribution < -0.4 is 0 Å². The summed E-state index contributed by atoms with van der Waals surface area (Å²) in [5.74, 6) is -45.0. The first-order chi connectivity index (χ1) is 11.7. The van der Waals surface area contributed by atoms with Crippen molar-refractivity contribution in [1.29, 1.82) is 0 Å². The summed E-state index contributed by atoms with van der Waals surface area (Å²) < 4.78 is 223. The Balaban J connectivity index is 6.23. The van der Waals surface area contributed by atoms with Crippen LogP contribution in [0.1, 0.15) is 0 Å². The molecule has 0 heterocycles. The van der Waals surface area contributed by atoms with Gasteiger partial charge in [-0.2, -0.15) is 79.0 Å². The molecule has 0 amide bonds. The van der Waals surface area contributed by atoms with E-state index in [1.807, 2.05) is 0 Å². The zero-order valence-electron chi connectivity index (χ0n) is 12.0. The lowest BCUT2D eigenvalue weighted by Crippen LogP contribution is -2.66. The summed E-state index contributed by atoms with van der Waals surface area (Å²) in [5, 5.41) is 0. The third kappa shape index (κ3) is 3.81. The zero-order valence-corrected chi connectivity index (χ0v) is 12.0. The molecule has 0 aromatic heterocycles. The fourth-order valence-corrected chi connectivity index (χ4v) is 1.19. The number of hydrogen-bond acceptors (Lipinski definition) is 0. The van der Waals surface area contributed by atoms with Crippen LogP contribution in [-0.2, 0) is 0 Å². The molecule has 0 unspecified atom stereocenters. The molecule has 28 heavy (non-hydrogen) atoms. The van der Waals surface area contributed by atoms with Crippen LogP contribution in [0.3, 0.4) is 0 Å². The molecular formula is C10H2F18. The van der Waals surface area contributed by atoms with Gasteiger partial charge in [-0.25, -0.2) is 0 Å². The Morgan fingerprint density at radius 3 is 0.786 bits per heavy atom. The van der Waals surface area contributed by atoms with Gasteiger partial charge in [-0.3, -0.25) is 0 Å². The van der Waals surface area contributed by atoms with Crippen molar-refractivity contribution in [1.82, 2.24) is 0 Å². The second-order valence-corrected chi connectivity index (χ2v) is 4.87. The van der Waals surface area contributed by atoms with E-state index in [0.29, 0.717) is 0 Å². The van der Waals surface area contributed by atoms with Gasteiger partial charge < -0.3 is 0 Å². The van der Waals surface area contributed by atoms with E-state index in [1.165, 1.54) is 0 Å². The van der Waals surface area contributed by atoms with Crippen LogP contribution >= 0.6 is 0 Å². The van der Waals surface area contributed by atoms with E-state index in [1.54, 1.807) is 0 Å². The summed E-state index contributed by atoms with van der Waals surface area (Å²) in [6.07, 6.45) is -19.6. The van der Waals surface area contributed by atoms with Gasteiger partial charge in [-0.1, -0.05) is 0 Å². The molecule has 0 bridgehead atoms. The first-order valence-electron chi connectivity index (χ1n) is 5.81. The largest absolute Gasteiger partial charge is 0.460 e. The standard InChI is InChI=1S/C10H2F18/c11-3(12,1-2-4(13,14)6(17,18)9(23,24)25)5(15,16)7(19,20)8(21,22)10(26,27)28/h1-2H/b2-1+. The first-order valence-corrected chi connectivity index (χ1v) is 5.81. The van der Waals surface area contributed by atoms with Crippen molar-refractivity contribution in [3.8, 4) is 0 Å². The molecule has 168 valence electrons. The Morgan fingerprint density at radius 2 is 0.536 bits per heavy atom. The van der Waals surface area contributed by atoms with Gasteiger partial charge in [0.25, 0.3) is 0 Å². The minimum atomic E-state index is -8.05. The molecule has 0 atom stereocenters. The molecule has 0 N–H and O–H groups in total. The molecular weight excluding hydrogens is 462 g/mol. The average molecular weight is 464 g/mol. The third-order valence-corrected chi connectivity index (χ3v) is 2.84. The van der Waals surface area contributed by atoms with E-state index in [4.69, 9.17) is 0 Å². The van der Waals surface area contributed by atoms with Crippen molar-refractivity contribution >= 4 is 0 Å². The highest BCUT2D eigenvalue weighted by atomic mass is 19.4. The predicted molar refractivity (Wildman–Crippen MR) is 50.9 cm³/mol. The van der Waals surface area contributed by atoms with Gasteiger partial charge in [-0.05, 0) is 12.2 Å². The Hall–Kier alpha value is -1.52. The van der Waals surface area contributed by atoms with E-state index in [2.05, 4.69) is 0 Å². The predicted octanol–water partition coefficient (Wildman–Crippen LogP) is 6.48. The van der Waals surface area contributed by atoms with Crippen molar-refractivity contribution in [2.24, 2.45) is 0 Å². The van der Waals surface area contributed by atoms with Crippen LogP contribution in [0.15, 0.2) is 12.2 Å². The van der Waals surface area contributed by atoms with Crippen LogP contribution in [0.25, 0.3) is 0 Å². The maximum absolute atomic E-state index is 13.0. The highest BCUT2D eigenvalue weighted by Gasteiger charge is 2.86. The molecule has 0 aliphatic heterocycles. The van der Waals surface area contributed by atoms with Crippen LogP contribution in [0.4, 0.5) is 79.0 Å². The number of alkyl halides is 18. The maximum atomic E-state index is 13.0. The fourth-order valence-electron chi connectivity index (χ4n) is 1.19. The van der Waals surface area contributed by atoms with Gasteiger partial charge in [0.1, 0.15) is 0 Å². The van der Waals surface area contributed by atoms with Gasteiger partial charge in [0.05, 0.1) is 0 Å². The minimum absolute atomic E-state index is 2.38. The first kappa shape index (κ1) is 26.5. The lowest BCUT2D eigenvalue weighted by atomic mass is 9.97. The molecule has 18 heteroatoms. The fraction of sp³-hybridized carbons (Fsp3) is 0.800. The molecule has 0 nitrogen and oxygen atoms in total. The van der Waals surface area contributed by atoms with Crippen molar-refractivity contribution in [3.05, 3.63) is 12.2 Å². The molecule has 0 radical (unpaired) electrons. The average Bonchev–Trinajstić information content (AvgIpc) is 2.42. The maximum Gasteiger partial charge on any atom is 0.460 e. The topological polar surface area (TPSA) is 0 Å².